The molecular weight excluding hydrogens is 486 g/mol. The highest BCUT2D eigenvalue weighted by atomic mass is 127. The topological polar surface area (TPSA) is 54.2 Å². The van der Waals surface area contributed by atoms with Crippen molar-refractivity contribution in [2.24, 2.45) is 4.99 Å². The van der Waals surface area contributed by atoms with Gasteiger partial charge in [-0.25, -0.2) is 9.98 Å². The Labute approximate surface area is 171 Å². The fourth-order valence-corrected chi connectivity index (χ4v) is 2.45. The van der Waals surface area contributed by atoms with Gasteiger partial charge in [-0.3, -0.25) is 4.57 Å². The molecular formula is C15H18Cl2F2IN5. The first-order valence-corrected chi connectivity index (χ1v) is 8.02. The molecule has 10 heteroatoms. The summed E-state index contributed by atoms with van der Waals surface area (Å²) in [5.41, 5.74) is 0.812. The molecule has 1 aromatic heterocycles. The maximum atomic E-state index is 12.8. The third-order valence-electron chi connectivity index (χ3n) is 3.14. The third kappa shape index (κ3) is 6.59. The average Bonchev–Trinajstić information content (AvgIpc) is 3.00. The number of hydrogen-bond donors (Lipinski definition) is 2. The second kappa shape index (κ2) is 10.8. The lowest BCUT2D eigenvalue weighted by atomic mass is 10.2. The third-order valence-corrected chi connectivity index (χ3v) is 3.73. The molecule has 138 valence electrons. The quantitative estimate of drug-likeness (QED) is 0.347. The molecule has 0 saturated carbocycles. The van der Waals surface area contributed by atoms with Crippen molar-refractivity contribution in [3.05, 3.63) is 52.0 Å². The minimum absolute atomic E-state index is 0. The molecule has 0 unspecified atom stereocenters. The maximum absolute atomic E-state index is 12.8. The number of alkyl halides is 2. The van der Waals surface area contributed by atoms with E-state index in [0.29, 0.717) is 29.1 Å². The van der Waals surface area contributed by atoms with E-state index in [1.54, 1.807) is 18.2 Å². The average molecular weight is 504 g/mol. The van der Waals surface area contributed by atoms with Crippen LogP contribution in [0.25, 0.3) is 0 Å². The Morgan fingerprint density at radius 1 is 1.32 bits per heavy atom. The SMILES string of the molecule is CCNC(=NCc1ccc(Cl)cc1Cl)NCc1nccn1C(F)F.I. The number of benzene rings is 1. The number of hydrogen-bond acceptors (Lipinski definition) is 2. The molecule has 1 aromatic carbocycles. The number of aromatic nitrogens is 2. The van der Waals surface area contributed by atoms with Gasteiger partial charge >= 0.3 is 6.55 Å². The van der Waals surface area contributed by atoms with Crippen LogP contribution in [0.15, 0.2) is 35.6 Å². The zero-order valence-electron chi connectivity index (χ0n) is 13.3. The van der Waals surface area contributed by atoms with Gasteiger partial charge in [0, 0.05) is 29.0 Å². The molecule has 0 amide bonds. The number of halogens is 5. The Hall–Kier alpha value is -1.13. The van der Waals surface area contributed by atoms with Gasteiger partial charge in [-0.05, 0) is 24.6 Å². The van der Waals surface area contributed by atoms with Gasteiger partial charge in [0.2, 0.25) is 0 Å². The van der Waals surface area contributed by atoms with Crippen molar-refractivity contribution in [2.45, 2.75) is 26.6 Å². The number of aliphatic imine (C=N–C) groups is 1. The predicted octanol–water partition coefficient (Wildman–Crippen LogP) is 4.46. The normalized spacial score (nSPS) is 11.4. The van der Waals surface area contributed by atoms with Crippen molar-refractivity contribution < 1.29 is 8.78 Å². The monoisotopic (exact) mass is 503 g/mol. The van der Waals surface area contributed by atoms with Crippen LogP contribution in [0.4, 0.5) is 8.78 Å². The van der Waals surface area contributed by atoms with Crippen LogP contribution in [0.1, 0.15) is 24.9 Å². The van der Waals surface area contributed by atoms with E-state index >= 15 is 0 Å². The number of rotatable bonds is 6. The highest BCUT2D eigenvalue weighted by Gasteiger charge is 2.11. The molecule has 0 atom stereocenters. The minimum atomic E-state index is -2.63. The molecule has 0 aliphatic heterocycles. The van der Waals surface area contributed by atoms with E-state index in [9.17, 15) is 8.78 Å². The van der Waals surface area contributed by atoms with Crippen LogP contribution in [0, 0.1) is 0 Å². The zero-order chi connectivity index (χ0) is 17.5. The first-order valence-electron chi connectivity index (χ1n) is 7.27. The summed E-state index contributed by atoms with van der Waals surface area (Å²) in [6.07, 6.45) is 2.57. The lowest BCUT2D eigenvalue weighted by Crippen LogP contribution is -2.37. The predicted molar refractivity (Wildman–Crippen MR) is 107 cm³/mol. The lowest BCUT2D eigenvalue weighted by molar-refractivity contribution is 0.0668. The first kappa shape index (κ1) is 21.9. The van der Waals surface area contributed by atoms with Crippen molar-refractivity contribution in [1.29, 1.82) is 0 Å². The van der Waals surface area contributed by atoms with Crippen molar-refractivity contribution in [3.63, 3.8) is 0 Å². The van der Waals surface area contributed by atoms with Crippen molar-refractivity contribution in [1.82, 2.24) is 20.2 Å². The number of imidazole rings is 1. The molecule has 2 aromatic rings. The molecule has 0 aliphatic carbocycles. The van der Waals surface area contributed by atoms with Crippen LogP contribution in [-0.4, -0.2) is 22.1 Å². The molecule has 2 rings (SSSR count). The summed E-state index contributed by atoms with van der Waals surface area (Å²) in [5.74, 6) is 0.701. The summed E-state index contributed by atoms with van der Waals surface area (Å²) < 4.78 is 26.4. The van der Waals surface area contributed by atoms with Gasteiger partial charge in [0.05, 0.1) is 13.1 Å². The van der Waals surface area contributed by atoms with Gasteiger partial charge in [0.25, 0.3) is 0 Å². The van der Waals surface area contributed by atoms with E-state index in [1.807, 2.05) is 6.92 Å². The summed E-state index contributed by atoms with van der Waals surface area (Å²) in [4.78, 5) is 8.30. The Kier molecular flexibility index (Phi) is 9.44. The van der Waals surface area contributed by atoms with Crippen molar-refractivity contribution >= 4 is 53.1 Å². The summed E-state index contributed by atoms with van der Waals surface area (Å²) in [5, 5.41) is 7.09. The van der Waals surface area contributed by atoms with Crippen LogP contribution in [0.2, 0.25) is 10.0 Å². The van der Waals surface area contributed by atoms with Gasteiger partial charge in [-0.2, -0.15) is 8.78 Å². The fraction of sp³-hybridized carbons (Fsp3) is 0.333. The molecule has 2 N–H and O–H groups in total. The molecule has 5 nitrogen and oxygen atoms in total. The van der Waals surface area contributed by atoms with Crippen LogP contribution in [-0.2, 0) is 13.1 Å². The zero-order valence-corrected chi connectivity index (χ0v) is 17.2. The Bertz CT molecular complexity index is 709. The van der Waals surface area contributed by atoms with Crippen LogP contribution < -0.4 is 10.6 Å². The lowest BCUT2D eigenvalue weighted by Gasteiger charge is -2.12. The second-order valence-electron chi connectivity index (χ2n) is 4.81. The van der Waals surface area contributed by atoms with Gasteiger partial charge in [-0.1, -0.05) is 29.3 Å². The smallest absolute Gasteiger partial charge is 0.319 e. The minimum Gasteiger partial charge on any atom is -0.357 e. The van der Waals surface area contributed by atoms with Crippen LogP contribution in [0.3, 0.4) is 0 Å². The molecule has 0 aliphatic rings. The largest absolute Gasteiger partial charge is 0.357 e. The first-order chi connectivity index (χ1) is 11.5. The van der Waals surface area contributed by atoms with Gasteiger partial charge < -0.3 is 10.6 Å². The van der Waals surface area contributed by atoms with Crippen LogP contribution >= 0.6 is 47.2 Å². The number of nitrogens with one attached hydrogen (secondary N) is 2. The van der Waals surface area contributed by atoms with E-state index in [2.05, 4.69) is 20.6 Å². The van der Waals surface area contributed by atoms with Crippen molar-refractivity contribution in [3.8, 4) is 0 Å². The standard InChI is InChI=1S/C15H17Cl2F2N5.HI/c1-2-20-15(22-8-10-3-4-11(16)7-12(10)17)23-9-13-21-5-6-24(13)14(18)19;/h3-7,14H,2,8-9H2,1H3,(H2,20,22,23);1H. The molecule has 0 radical (unpaired) electrons. The Morgan fingerprint density at radius 2 is 2.08 bits per heavy atom. The molecule has 0 saturated heterocycles. The number of nitrogens with zero attached hydrogens (tertiary/aromatic N) is 3. The second-order valence-corrected chi connectivity index (χ2v) is 5.66. The molecule has 0 bridgehead atoms. The van der Waals surface area contributed by atoms with Gasteiger partial charge in [0.1, 0.15) is 5.82 Å². The summed E-state index contributed by atoms with van der Waals surface area (Å²) in [7, 11) is 0. The molecule has 0 fully saturated rings. The van der Waals surface area contributed by atoms with E-state index in [4.69, 9.17) is 23.2 Å². The van der Waals surface area contributed by atoms with E-state index in [1.165, 1.54) is 12.4 Å². The fourth-order valence-electron chi connectivity index (χ4n) is 1.98. The molecule has 25 heavy (non-hydrogen) atoms. The highest BCUT2D eigenvalue weighted by Crippen LogP contribution is 2.21. The van der Waals surface area contributed by atoms with E-state index in [0.717, 1.165) is 10.1 Å². The van der Waals surface area contributed by atoms with E-state index in [-0.39, 0.29) is 36.3 Å². The Morgan fingerprint density at radius 3 is 2.72 bits per heavy atom. The Balaban J connectivity index is 0.00000312. The van der Waals surface area contributed by atoms with Gasteiger partial charge in [0.15, 0.2) is 5.96 Å². The number of guanidine groups is 1. The highest BCUT2D eigenvalue weighted by molar-refractivity contribution is 14.0. The molecule has 1 heterocycles. The van der Waals surface area contributed by atoms with Crippen molar-refractivity contribution in [2.75, 3.05) is 6.54 Å². The molecule has 0 spiro atoms. The van der Waals surface area contributed by atoms with Gasteiger partial charge in [-0.15, -0.1) is 24.0 Å². The van der Waals surface area contributed by atoms with Crippen LogP contribution in [0.5, 0.6) is 0 Å². The maximum Gasteiger partial charge on any atom is 0.319 e. The summed E-state index contributed by atoms with van der Waals surface area (Å²) >= 11 is 12.0. The van der Waals surface area contributed by atoms with E-state index < -0.39 is 6.55 Å². The summed E-state index contributed by atoms with van der Waals surface area (Å²) in [6.45, 7) is 0.360. The summed E-state index contributed by atoms with van der Waals surface area (Å²) in [6, 6.07) is 5.17.